The van der Waals surface area contributed by atoms with Crippen LogP contribution < -0.4 is 0 Å². The normalized spacial score (nSPS) is 14.3. The number of hydrogen-bond donors (Lipinski definition) is 3. The molecule has 0 aliphatic rings. The van der Waals surface area contributed by atoms with Crippen LogP contribution in [-0.2, 0) is 19.1 Å². The number of esters is 1. The maximum absolute atomic E-state index is 10.3. The topological polar surface area (TPSA) is 121 Å². The van der Waals surface area contributed by atoms with Crippen LogP contribution in [0.25, 0.3) is 0 Å². The molecule has 13 heavy (non-hydrogen) atoms. The molecule has 0 saturated heterocycles. The molecule has 74 valence electrons. The van der Waals surface area contributed by atoms with Gasteiger partial charge < -0.3 is 20.1 Å². The second-order valence-corrected chi connectivity index (χ2v) is 2.25. The van der Waals surface area contributed by atoms with Crippen LogP contribution in [0.4, 0.5) is 0 Å². The van der Waals surface area contributed by atoms with E-state index in [1.807, 2.05) is 0 Å². The number of carbonyl (C=O) groups is 3. The molecule has 0 saturated carbocycles. The average Bonchev–Trinajstić information content (AvgIpc) is 1.82. The molecule has 7 nitrogen and oxygen atoms in total. The van der Waals surface area contributed by atoms with E-state index in [2.05, 4.69) is 4.74 Å². The number of carboxylic acids is 2. The molecule has 0 aliphatic heterocycles. The maximum atomic E-state index is 10.3. The summed E-state index contributed by atoms with van der Waals surface area (Å²) in [5.74, 6) is -7.58. The summed E-state index contributed by atoms with van der Waals surface area (Å²) in [7, 11) is 0. The van der Waals surface area contributed by atoms with E-state index in [9.17, 15) is 14.4 Å². The molecule has 0 aromatic rings. The van der Waals surface area contributed by atoms with Crippen molar-refractivity contribution < 1.29 is 34.4 Å². The van der Waals surface area contributed by atoms with E-state index in [1.54, 1.807) is 0 Å². The van der Waals surface area contributed by atoms with Crippen LogP contribution in [0.1, 0.15) is 13.3 Å². The number of carboxylic acid groups (broad SMARTS) is 2. The number of carbonyl (C=O) groups excluding carboxylic acids is 1. The van der Waals surface area contributed by atoms with Gasteiger partial charge in [-0.05, 0) is 0 Å². The van der Waals surface area contributed by atoms with Crippen LogP contribution in [0.2, 0.25) is 0 Å². The third-order valence-corrected chi connectivity index (χ3v) is 1.04. The fourth-order valence-corrected chi connectivity index (χ4v) is 0.598. The largest absolute Gasteiger partial charge is 0.481 e. The van der Waals surface area contributed by atoms with Gasteiger partial charge in [-0.2, -0.15) is 0 Å². The van der Waals surface area contributed by atoms with Crippen LogP contribution in [0.15, 0.2) is 0 Å². The Bertz CT molecular complexity index is 227. The van der Waals surface area contributed by atoms with E-state index in [0.717, 1.165) is 6.92 Å². The molecule has 0 heterocycles. The Balaban J connectivity index is 4.62. The Hall–Kier alpha value is -1.63. The summed E-state index contributed by atoms with van der Waals surface area (Å²) < 4.78 is 3.95. The van der Waals surface area contributed by atoms with Crippen molar-refractivity contribution in [2.45, 2.75) is 19.1 Å². The molecule has 0 aromatic carbocycles. The predicted octanol–water partition coefficient (Wildman–Crippen LogP) is -1.20. The molecule has 0 aliphatic carbocycles. The number of aliphatic hydroxyl groups is 1. The maximum Gasteiger partial charge on any atom is 0.377 e. The zero-order valence-electron chi connectivity index (χ0n) is 6.68. The quantitative estimate of drug-likeness (QED) is 0.377. The first-order valence-corrected chi connectivity index (χ1v) is 3.15. The molecule has 3 N–H and O–H groups in total. The smallest absolute Gasteiger partial charge is 0.377 e. The fourth-order valence-electron chi connectivity index (χ4n) is 0.598. The zero-order chi connectivity index (χ0) is 10.6. The van der Waals surface area contributed by atoms with Crippen molar-refractivity contribution >= 4 is 17.9 Å². The van der Waals surface area contributed by atoms with Crippen molar-refractivity contribution in [2.24, 2.45) is 0 Å². The van der Waals surface area contributed by atoms with E-state index < -0.39 is 30.1 Å². The van der Waals surface area contributed by atoms with Crippen molar-refractivity contribution in [1.29, 1.82) is 0 Å². The van der Waals surface area contributed by atoms with Gasteiger partial charge in [0.2, 0.25) is 0 Å². The zero-order valence-corrected chi connectivity index (χ0v) is 6.68. The fraction of sp³-hybridized carbons (Fsp3) is 0.500. The van der Waals surface area contributed by atoms with Gasteiger partial charge in [-0.25, -0.2) is 4.79 Å². The number of ether oxygens (including phenoxy) is 1. The Morgan fingerprint density at radius 3 is 2.00 bits per heavy atom. The van der Waals surface area contributed by atoms with Gasteiger partial charge in [0.05, 0.1) is 0 Å². The molecule has 0 unspecified atom stereocenters. The predicted molar refractivity (Wildman–Crippen MR) is 36.6 cm³/mol. The van der Waals surface area contributed by atoms with Crippen LogP contribution in [-0.4, -0.2) is 39.0 Å². The third kappa shape index (κ3) is 3.52. The van der Waals surface area contributed by atoms with Gasteiger partial charge in [0.15, 0.2) is 0 Å². The highest BCUT2D eigenvalue weighted by Gasteiger charge is 2.42. The van der Waals surface area contributed by atoms with E-state index in [0.29, 0.717) is 0 Å². The Kier molecular flexibility index (Phi) is 3.37. The first-order chi connectivity index (χ1) is 5.78. The van der Waals surface area contributed by atoms with Gasteiger partial charge in [-0.1, -0.05) is 0 Å². The first kappa shape index (κ1) is 11.4. The van der Waals surface area contributed by atoms with Crippen molar-refractivity contribution in [3.8, 4) is 0 Å². The highest BCUT2D eigenvalue weighted by Crippen LogP contribution is 2.12. The number of rotatable bonds is 4. The van der Waals surface area contributed by atoms with Gasteiger partial charge in [0.25, 0.3) is 0 Å². The first-order valence-electron chi connectivity index (χ1n) is 3.15. The van der Waals surface area contributed by atoms with Crippen molar-refractivity contribution in [3.63, 3.8) is 0 Å². The lowest BCUT2D eigenvalue weighted by Crippen LogP contribution is -2.44. The van der Waals surface area contributed by atoms with Gasteiger partial charge in [0.1, 0.15) is 6.42 Å². The molecule has 0 fully saturated rings. The van der Waals surface area contributed by atoms with Crippen LogP contribution in [0, 0.1) is 0 Å². The van der Waals surface area contributed by atoms with Gasteiger partial charge in [-0.15, -0.1) is 0 Å². The SMILES string of the molecule is CC(=O)O[C@](O)(CC(=O)O)C(=O)O. The monoisotopic (exact) mass is 192 g/mol. The van der Waals surface area contributed by atoms with Crippen molar-refractivity contribution in [3.05, 3.63) is 0 Å². The minimum atomic E-state index is -2.99. The Morgan fingerprint density at radius 2 is 1.77 bits per heavy atom. The summed E-state index contributed by atoms with van der Waals surface area (Å²) in [5.41, 5.74) is 0. The number of hydrogen-bond acceptors (Lipinski definition) is 5. The summed E-state index contributed by atoms with van der Waals surface area (Å²) in [6.45, 7) is 0.857. The molecule has 0 rings (SSSR count). The summed E-state index contributed by atoms with van der Waals surface area (Å²) in [6, 6.07) is 0. The van der Waals surface area contributed by atoms with Gasteiger partial charge >= 0.3 is 23.7 Å². The van der Waals surface area contributed by atoms with Gasteiger partial charge in [0, 0.05) is 6.92 Å². The molecule has 0 radical (unpaired) electrons. The minimum Gasteiger partial charge on any atom is -0.481 e. The summed E-state index contributed by atoms with van der Waals surface area (Å²) in [4.78, 5) is 30.7. The highest BCUT2D eigenvalue weighted by atomic mass is 16.7. The van der Waals surface area contributed by atoms with Crippen LogP contribution in [0.5, 0.6) is 0 Å². The Labute approximate surface area is 72.5 Å². The van der Waals surface area contributed by atoms with Crippen LogP contribution in [0.3, 0.4) is 0 Å². The molecular weight excluding hydrogens is 184 g/mol. The minimum absolute atomic E-state index is 0.857. The van der Waals surface area contributed by atoms with Crippen LogP contribution >= 0.6 is 0 Å². The second kappa shape index (κ2) is 3.85. The Morgan fingerprint density at radius 1 is 1.31 bits per heavy atom. The highest BCUT2D eigenvalue weighted by molar-refractivity contribution is 5.84. The van der Waals surface area contributed by atoms with Gasteiger partial charge in [-0.3, -0.25) is 9.59 Å². The molecule has 0 bridgehead atoms. The summed E-state index contributed by atoms with van der Waals surface area (Å²) in [5, 5.41) is 25.5. The van der Waals surface area contributed by atoms with E-state index in [-0.39, 0.29) is 0 Å². The van der Waals surface area contributed by atoms with Crippen molar-refractivity contribution in [2.75, 3.05) is 0 Å². The standard InChI is InChI=1S/C6H8O7/c1-3(7)13-6(12,5(10)11)2-4(8)9/h12H,2H2,1H3,(H,8,9)(H,10,11)/t6-/m1/s1. The lowest BCUT2D eigenvalue weighted by molar-refractivity contribution is -0.225. The summed E-state index contributed by atoms with van der Waals surface area (Å²) in [6.07, 6.45) is -1.21. The molecule has 1 atom stereocenters. The molecule has 0 aromatic heterocycles. The van der Waals surface area contributed by atoms with Crippen molar-refractivity contribution in [1.82, 2.24) is 0 Å². The average molecular weight is 192 g/mol. The molecular formula is C6H8O7. The van der Waals surface area contributed by atoms with E-state index in [1.165, 1.54) is 0 Å². The van der Waals surface area contributed by atoms with E-state index in [4.69, 9.17) is 15.3 Å². The molecule has 0 spiro atoms. The number of aliphatic carboxylic acids is 2. The second-order valence-electron chi connectivity index (χ2n) is 2.25. The third-order valence-electron chi connectivity index (χ3n) is 1.04. The summed E-state index contributed by atoms with van der Waals surface area (Å²) >= 11 is 0. The lowest BCUT2D eigenvalue weighted by atomic mass is 10.2. The molecule has 7 heteroatoms. The van der Waals surface area contributed by atoms with E-state index >= 15 is 0 Å². The molecule has 0 amide bonds. The lowest BCUT2D eigenvalue weighted by Gasteiger charge is -2.20.